The zero-order chi connectivity index (χ0) is 29.4. The summed E-state index contributed by atoms with van der Waals surface area (Å²) in [5.74, 6) is 0.127. The first-order valence-electron chi connectivity index (χ1n) is 13.5. The fourth-order valence-electron chi connectivity index (χ4n) is 4.59. The van der Waals surface area contributed by atoms with Gasteiger partial charge in [0.1, 0.15) is 36.2 Å². The number of aromatic nitrogens is 1. The number of nitrogens with zero attached hydrogens (tertiary/aromatic N) is 2. The minimum atomic E-state index is -4.59. The van der Waals surface area contributed by atoms with E-state index in [1.807, 2.05) is 6.92 Å². The summed E-state index contributed by atoms with van der Waals surface area (Å²) in [4.78, 5) is 17.9. The Hall–Kier alpha value is -3.83. The van der Waals surface area contributed by atoms with Crippen molar-refractivity contribution in [1.82, 2.24) is 15.2 Å². The molecule has 0 spiro atoms. The number of nitrogens with one attached hydrogen (secondary N) is 1. The highest BCUT2D eigenvalue weighted by Gasteiger charge is 2.33. The molecule has 11 heteroatoms. The van der Waals surface area contributed by atoms with Crippen molar-refractivity contribution in [1.29, 1.82) is 0 Å². The van der Waals surface area contributed by atoms with Crippen molar-refractivity contribution in [3.63, 3.8) is 0 Å². The molecule has 0 atom stereocenters. The molecule has 2 aromatic carbocycles. The molecule has 0 saturated carbocycles. The molecule has 1 aliphatic heterocycles. The molecule has 0 amide bonds. The third-order valence-corrected chi connectivity index (χ3v) is 6.73. The van der Waals surface area contributed by atoms with Gasteiger partial charge in [-0.15, -0.1) is 0 Å². The van der Waals surface area contributed by atoms with Crippen molar-refractivity contribution in [2.75, 3.05) is 46.4 Å². The summed E-state index contributed by atoms with van der Waals surface area (Å²) < 4.78 is 56.9. The summed E-state index contributed by atoms with van der Waals surface area (Å²) in [5.41, 5.74) is 0.697. The highest BCUT2D eigenvalue weighted by Crippen LogP contribution is 2.35. The van der Waals surface area contributed by atoms with Gasteiger partial charge in [0.25, 0.3) is 0 Å². The number of benzene rings is 2. The molecule has 41 heavy (non-hydrogen) atoms. The van der Waals surface area contributed by atoms with E-state index in [2.05, 4.69) is 15.2 Å². The predicted octanol–water partition coefficient (Wildman–Crippen LogP) is 5.39. The Morgan fingerprint density at radius 2 is 1.88 bits per heavy atom. The summed E-state index contributed by atoms with van der Waals surface area (Å²) >= 11 is 0. The minimum absolute atomic E-state index is 0.0658. The lowest BCUT2D eigenvalue weighted by atomic mass is 10.1. The molecule has 0 unspecified atom stereocenters. The maximum atomic E-state index is 13.2. The molecule has 0 radical (unpaired) electrons. The fraction of sp³-hybridized carbons (Fsp3) is 0.400. The number of aliphatic carboxylic acids is 1. The van der Waals surface area contributed by atoms with Crippen LogP contribution >= 0.6 is 0 Å². The van der Waals surface area contributed by atoms with Crippen molar-refractivity contribution in [3.05, 3.63) is 64.9 Å². The molecule has 220 valence electrons. The van der Waals surface area contributed by atoms with Crippen molar-refractivity contribution >= 4 is 22.9 Å². The Bertz CT molecular complexity index is 1390. The number of methoxy groups -OCH3 is 1. The molecule has 1 saturated heterocycles. The molecule has 0 aliphatic carbocycles. The molecule has 2 heterocycles. The first kappa shape index (κ1) is 30.1. The van der Waals surface area contributed by atoms with Crippen molar-refractivity contribution in [3.8, 4) is 17.2 Å². The van der Waals surface area contributed by atoms with Crippen LogP contribution in [0.15, 0.2) is 48.0 Å². The van der Waals surface area contributed by atoms with Gasteiger partial charge in [-0.2, -0.15) is 13.2 Å². The van der Waals surface area contributed by atoms with Crippen LogP contribution in [0, 0.1) is 0 Å². The molecule has 2 N–H and O–H groups in total. The van der Waals surface area contributed by atoms with E-state index in [4.69, 9.17) is 14.2 Å². The number of piperazine rings is 1. The monoisotopic (exact) mass is 573 g/mol. The molecule has 8 nitrogen and oxygen atoms in total. The van der Waals surface area contributed by atoms with Crippen LogP contribution in [0.4, 0.5) is 13.2 Å². The van der Waals surface area contributed by atoms with E-state index in [-0.39, 0.29) is 23.4 Å². The van der Waals surface area contributed by atoms with Gasteiger partial charge >= 0.3 is 12.1 Å². The van der Waals surface area contributed by atoms with E-state index in [0.29, 0.717) is 47.5 Å². The van der Waals surface area contributed by atoms with Crippen LogP contribution in [0.5, 0.6) is 17.2 Å². The number of halogens is 3. The van der Waals surface area contributed by atoms with Crippen molar-refractivity contribution < 1.29 is 37.3 Å². The average Bonchev–Trinajstić information content (AvgIpc) is 2.96. The SMILES string of the molecule is CCC/C(=C\c1cc(OCc2ccc3nc(C(F)(F)F)cc(OC)c3c2)ccc1OCCN1CCNCC1)C(=O)O. The fourth-order valence-corrected chi connectivity index (χ4v) is 4.59. The van der Waals surface area contributed by atoms with Gasteiger partial charge in [-0.3, -0.25) is 4.90 Å². The van der Waals surface area contributed by atoms with Crippen LogP contribution in [0.3, 0.4) is 0 Å². The molecular formula is C30H34F3N3O5. The van der Waals surface area contributed by atoms with E-state index in [1.165, 1.54) is 13.2 Å². The highest BCUT2D eigenvalue weighted by atomic mass is 19.4. The predicted molar refractivity (Wildman–Crippen MR) is 149 cm³/mol. The number of hydrogen-bond acceptors (Lipinski definition) is 7. The lowest BCUT2D eigenvalue weighted by molar-refractivity contribution is -0.141. The summed E-state index contributed by atoms with van der Waals surface area (Å²) in [5, 5.41) is 13.4. The standard InChI is InChI=1S/C30H34F3N3O5/c1-3-4-21(29(37)38)16-22-17-23(6-8-26(22)40-14-13-36-11-9-34-10-12-36)41-19-20-5-7-25-24(15-20)27(39-2)18-28(35-25)30(31,32)33/h5-8,15-18,34H,3-4,9-14,19H2,1-2H3,(H,37,38)/b21-16+. The van der Waals surface area contributed by atoms with E-state index < -0.39 is 17.8 Å². The van der Waals surface area contributed by atoms with Crippen molar-refractivity contribution in [2.45, 2.75) is 32.5 Å². The topological polar surface area (TPSA) is 93.2 Å². The van der Waals surface area contributed by atoms with Gasteiger partial charge in [-0.05, 0) is 48.4 Å². The zero-order valence-corrected chi connectivity index (χ0v) is 23.1. The summed E-state index contributed by atoms with van der Waals surface area (Å²) in [6.07, 6.45) is -1.89. The second-order valence-electron chi connectivity index (χ2n) is 9.71. The third kappa shape index (κ3) is 8.11. The van der Waals surface area contributed by atoms with Crippen LogP contribution in [0.1, 0.15) is 36.6 Å². The molecule has 1 aromatic heterocycles. The molecule has 1 aliphatic rings. The van der Waals surface area contributed by atoms with Gasteiger partial charge in [0.15, 0.2) is 0 Å². The van der Waals surface area contributed by atoms with Gasteiger partial charge < -0.3 is 24.6 Å². The van der Waals surface area contributed by atoms with Gasteiger partial charge in [-0.1, -0.05) is 19.4 Å². The number of carbonyl (C=O) groups is 1. The average molecular weight is 574 g/mol. The first-order chi connectivity index (χ1) is 19.7. The van der Waals surface area contributed by atoms with Crippen LogP contribution in [0.25, 0.3) is 17.0 Å². The molecule has 4 rings (SSSR count). The smallest absolute Gasteiger partial charge is 0.433 e. The summed E-state index contributed by atoms with van der Waals surface area (Å²) in [7, 11) is 1.31. The largest absolute Gasteiger partial charge is 0.496 e. The Labute approximate surface area is 236 Å². The Kier molecular flexibility index (Phi) is 10.1. The van der Waals surface area contributed by atoms with Crippen LogP contribution in [0.2, 0.25) is 0 Å². The number of fused-ring (bicyclic) bond motifs is 1. The lowest BCUT2D eigenvalue weighted by Crippen LogP contribution is -2.44. The van der Waals surface area contributed by atoms with Gasteiger partial charge in [-0.25, -0.2) is 9.78 Å². The van der Waals surface area contributed by atoms with E-state index in [0.717, 1.165) is 38.8 Å². The third-order valence-electron chi connectivity index (χ3n) is 6.73. The highest BCUT2D eigenvalue weighted by molar-refractivity contribution is 5.92. The van der Waals surface area contributed by atoms with E-state index in [9.17, 15) is 23.1 Å². The summed E-state index contributed by atoms with van der Waals surface area (Å²) in [6.45, 7) is 7.02. The van der Waals surface area contributed by atoms with Crippen LogP contribution < -0.4 is 19.5 Å². The Morgan fingerprint density at radius 3 is 2.56 bits per heavy atom. The maximum absolute atomic E-state index is 13.2. The number of pyridine rings is 1. The molecule has 0 bridgehead atoms. The Balaban J connectivity index is 1.54. The minimum Gasteiger partial charge on any atom is -0.496 e. The quantitative estimate of drug-likeness (QED) is 0.279. The number of hydrogen-bond donors (Lipinski definition) is 2. The van der Waals surface area contributed by atoms with Gasteiger partial charge in [0, 0.05) is 55.3 Å². The van der Waals surface area contributed by atoms with Gasteiger partial charge in [0.05, 0.1) is 12.6 Å². The van der Waals surface area contributed by atoms with E-state index in [1.54, 1.807) is 36.4 Å². The lowest BCUT2D eigenvalue weighted by Gasteiger charge is -2.27. The van der Waals surface area contributed by atoms with Crippen LogP contribution in [-0.2, 0) is 17.6 Å². The second-order valence-corrected chi connectivity index (χ2v) is 9.71. The molecule has 3 aromatic rings. The number of alkyl halides is 3. The molecular weight excluding hydrogens is 539 g/mol. The Morgan fingerprint density at radius 1 is 1.10 bits per heavy atom. The van der Waals surface area contributed by atoms with Gasteiger partial charge in [0.2, 0.25) is 0 Å². The first-order valence-corrected chi connectivity index (χ1v) is 13.5. The zero-order valence-electron chi connectivity index (χ0n) is 23.1. The van der Waals surface area contributed by atoms with Crippen LogP contribution in [-0.4, -0.2) is 67.4 Å². The number of carboxylic acids is 1. The van der Waals surface area contributed by atoms with E-state index >= 15 is 0 Å². The summed E-state index contributed by atoms with van der Waals surface area (Å²) in [6, 6.07) is 10.9. The number of rotatable bonds is 12. The van der Waals surface area contributed by atoms with Crippen molar-refractivity contribution in [2.24, 2.45) is 0 Å². The number of ether oxygens (including phenoxy) is 3. The second kappa shape index (κ2) is 13.7. The normalized spacial score (nSPS) is 14.7. The maximum Gasteiger partial charge on any atom is 0.433 e. The number of carboxylic acid groups (broad SMARTS) is 1. The molecule has 1 fully saturated rings.